The molecule has 18 nitrogen and oxygen atoms in total. The van der Waals surface area contributed by atoms with Crippen LogP contribution < -0.4 is 45.0 Å². The fourth-order valence-electron chi connectivity index (χ4n) is 19.7. The predicted molar refractivity (Wildman–Crippen MR) is 444 cm³/mol. The lowest BCUT2D eigenvalue weighted by Gasteiger charge is -2.45. The van der Waals surface area contributed by atoms with Gasteiger partial charge in [-0.1, -0.05) is 24.3 Å². The number of nitrogens with zero attached hydrogens (tertiary/aromatic N) is 5. The summed E-state index contributed by atoms with van der Waals surface area (Å²) in [6, 6.07) is 41.6. The average Bonchev–Trinajstić information content (AvgIpc) is 1.60. The second kappa shape index (κ2) is 32.8. The van der Waals surface area contributed by atoms with Crippen LogP contribution >= 0.6 is 11.3 Å². The van der Waals surface area contributed by atoms with Crippen molar-refractivity contribution >= 4 is 54.9 Å². The van der Waals surface area contributed by atoms with Gasteiger partial charge in [-0.2, -0.15) is 0 Å². The van der Waals surface area contributed by atoms with Crippen molar-refractivity contribution < 1.29 is 41.2 Å². The van der Waals surface area contributed by atoms with E-state index in [1.807, 2.05) is 35.8 Å². The zero-order valence-corrected chi connectivity index (χ0v) is 67.1. The first-order valence-corrected chi connectivity index (χ1v) is 41.5. The Morgan fingerprint density at radius 1 is 0.368 bits per heavy atom. The Morgan fingerprint density at radius 3 is 1.08 bits per heavy atom. The lowest BCUT2D eigenvalue weighted by molar-refractivity contribution is 0.120. The average molecular weight is 1570 g/mol. The van der Waals surface area contributed by atoms with Gasteiger partial charge < -0.3 is 64.9 Å². The molecule has 0 saturated carbocycles. The third-order valence-electron chi connectivity index (χ3n) is 26.1. The number of aryl methyl sites for hydroxylation is 1. The Hall–Kier alpha value is -9.27. The number of rotatable bonds is 13. The summed E-state index contributed by atoms with van der Waals surface area (Å²) in [5.74, 6) is 2.00. The fraction of sp³-hybridized carbons (Fsp3) is 0.418. The van der Waals surface area contributed by atoms with Crippen molar-refractivity contribution in [1.82, 2.24) is 65.8 Å². The summed E-state index contributed by atoms with van der Waals surface area (Å²) in [6.45, 7) is 17.2. The molecule has 13 heterocycles. The van der Waals surface area contributed by atoms with Crippen LogP contribution in [0, 0.1) is 30.2 Å². The van der Waals surface area contributed by atoms with Crippen LogP contribution in [0.25, 0.3) is 43.6 Å². The lowest BCUT2D eigenvalue weighted by Crippen LogP contribution is -2.54. The number of fused-ring (bicyclic) bond motifs is 16. The van der Waals surface area contributed by atoms with Gasteiger partial charge in [-0.25, -0.2) is 22.5 Å². The number of piperidine rings is 4. The number of aromatic amines is 4. The maximum absolute atomic E-state index is 14.0. The minimum absolute atomic E-state index is 0.0512. The van der Waals surface area contributed by atoms with Crippen molar-refractivity contribution in [2.24, 2.45) is 0 Å². The molecule has 0 unspecified atom stereocenters. The van der Waals surface area contributed by atoms with Gasteiger partial charge in [0, 0.05) is 188 Å². The van der Waals surface area contributed by atoms with Gasteiger partial charge in [0.15, 0.2) is 11.6 Å². The third kappa shape index (κ3) is 15.4. The summed E-state index contributed by atoms with van der Waals surface area (Å²) >= 11 is 1.78. The number of halogens is 4. The predicted octanol–water partition coefficient (Wildman–Crippen LogP) is 15.6. The Bertz CT molecular complexity index is 5430. The van der Waals surface area contributed by atoms with E-state index in [4.69, 9.17) is 23.7 Å². The third-order valence-corrected chi connectivity index (χ3v) is 27.0. The van der Waals surface area contributed by atoms with Crippen molar-refractivity contribution in [2.45, 2.75) is 132 Å². The van der Waals surface area contributed by atoms with Gasteiger partial charge in [-0.3, -0.25) is 19.6 Å². The van der Waals surface area contributed by atoms with Gasteiger partial charge in [0.1, 0.15) is 40.4 Å². The van der Waals surface area contributed by atoms with Crippen molar-refractivity contribution in [3.63, 3.8) is 0 Å². The molecule has 0 atom stereocenters. The molecule has 4 spiro atoms. The number of thiazole rings is 1. The maximum Gasteiger partial charge on any atom is 0.159 e. The van der Waals surface area contributed by atoms with Crippen LogP contribution in [0.4, 0.5) is 17.6 Å². The van der Waals surface area contributed by atoms with Crippen LogP contribution in [0.2, 0.25) is 0 Å². The molecule has 7 aromatic carbocycles. The zero-order chi connectivity index (χ0) is 78.3. The van der Waals surface area contributed by atoms with E-state index < -0.39 is 23.3 Å². The van der Waals surface area contributed by atoms with Crippen molar-refractivity contribution in [1.29, 1.82) is 0 Å². The lowest BCUT2D eigenvalue weighted by atomic mass is 9.79. The van der Waals surface area contributed by atoms with E-state index in [9.17, 15) is 17.6 Å². The van der Waals surface area contributed by atoms with E-state index >= 15 is 0 Å². The number of hydrogen-bond donors (Lipinski definition) is 8. The fourth-order valence-corrected chi connectivity index (χ4v) is 20.5. The standard InChI is InChI=1S/C24H29N3O2.2C23H25F2N3O.C21H26N4OS/c1-28-18-5-3-4-17(14-18)16-27-12-9-24(10-13-27)23-20(8-11-25-24)21-15-19(29-2)6-7-22(21)26-23;1-29-16-3-5-21-18(13-16)17-6-9-26-23(22(17)27-21)7-10-28(11-8-23)14-15-2-4-19(24)20(25)12-15;1-29-17-4-5-21-19(13-17)18-6-9-26-23(22(18)27-21)7-10-28(11-8-23)14-15-2-3-16(24)12-20(15)25;1-14-19(27-13-22-14)12-25-9-6-21(7-10-25)20-16(5-8-23-21)17-11-15(26-2)3-4-18(17)24-20/h3-7,14-15,25-26H,8-13,16H2,1-2H3;2*2-5,12-13,26-27H,6-11,14H2,1H3;3-4,11,13,23-24H,5-10,12H2,1-2H3. The minimum atomic E-state index is -0.791. The normalized spacial score (nSPS) is 19.0. The molecule has 8 aliphatic rings. The Kier molecular flexibility index (Phi) is 22.2. The first-order chi connectivity index (χ1) is 55.5. The van der Waals surface area contributed by atoms with Crippen LogP contribution in [-0.2, 0) is 74.0 Å². The minimum Gasteiger partial charge on any atom is -0.497 e. The van der Waals surface area contributed by atoms with E-state index in [0.717, 1.165) is 220 Å². The highest BCUT2D eigenvalue weighted by Crippen LogP contribution is 2.47. The number of benzene rings is 7. The molecule has 20 rings (SSSR count). The summed E-state index contributed by atoms with van der Waals surface area (Å²) in [5, 5.41) is 20.4. The highest BCUT2D eigenvalue weighted by Gasteiger charge is 2.46. The maximum atomic E-state index is 14.0. The number of nitrogens with one attached hydrogen (secondary N) is 8. The number of likely N-dealkylation sites (tertiary alicyclic amines) is 4. The van der Waals surface area contributed by atoms with E-state index in [-0.39, 0.29) is 22.2 Å². The Morgan fingerprint density at radius 2 is 0.728 bits per heavy atom. The molecule has 8 N–H and O–H groups in total. The SMILES string of the molecule is COc1ccc2[nH]c3c(c2c1)CCNC31CCN(Cc2ccc(F)c(F)c2)CC1.COc1ccc2[nH]c3c(c2c1)CCNC31CCN(Cc2ccc(F)cc2F)CC1.COc1ccc2[nH]c3c(c2c1)CCNC31CCN(Cc2scnc2C)CC1.COc1cccc(CN2CCC3(CC2)NCCc2c3[nH]c3ccc(OC)cc23)c1. The second-order valence-electron chi connectivity index (χ2n) is 32.4. The summed E-state index contributed by atoms with van der Waals surface area (Å²) in [7, 11) is 8.60. The molecule has 5 aromatic heterocycles. The van der Waals surface area contributed by atoms with Gasteiger partial charge in [0.25, 0.3) is 0 Å². The second-order valence-corrected chi connectivity index (χ2v) is 33.3. The molecule has 0 bridgehead atoms. The number of aromatic nitrogens is 5. The molecule has 598 valence electrons. The van der Waals surface area contributed by atoms with Gasteiger partial charge >= 0.3 is 0 Å². The quantitative estimate of drug-likeness (QED) is 0.0510. The van der Waals surface area contributed by atoms with Crippen LogP contribution in [0.15, 0.2) is 139 Å². The smallest absolute Gasteiger partial charge is 0.159 e. The summed E-state index contributed by atoms with van der Waals surface area (Å²) in [5.41, 5.74) is 21.7. The molecule has 0 aliphatic carbocycles. The first kappa shape index (κ1) is 77.3. The highest BCUT2D eigenvalue weighted by molar-refractivity contribution is 7.09. The topological polar surface area (TPSA) is 183 Å². The number of hydrogen-bond acceptors (Lipinski definition) is 15. The summed E-state index contributed by atoms with van der Waals surface area (Å²) < 4.78 is 81.0. The van der Waals surface area contributed by atoms with Gasteiger partial charge in [-0.15, -0.1) is 11.3 Å². The molecular formula is C91H105F4N13O5S. The largest absolute Gasteiger partial charge is 0.497 e. The van der Waals surface area contributed by atoms with Crippen LogP contribution in [0.5, 0.6) is 28.7 Å². The molecule has 0 amide bonds. The highest BCUT2D eigenvalue weighted by atomic mass is 32.1. The Balaban J connectivity index is 0.000000110. The number of ether oxygens (including phenoxy) is 5. The molecule has 4 fully saturated rings. The van der Waals surface area contributed by atoms with E-state index in [1.165, 1.54) is 112 Å². The van der Waals surface area contributed by atoms with Gasteiger partial charge in [0.05, 0.1) is 68.9 Å². The van der Waals surface area contributed by atoms with Crippen LogP contribution in [0.1, 0.15) is 124 Å². The number of methoxy groups -OCH3 is 5. The van der Waals surface area contributed by atoms with Crippen molar-refractivity contribution in [3.05, 3.63) is 235 Å². The Labute approximate surface area is 668 Å². The molecule has 114 heavy (non-hydrogen) atoms. The van der Waals surface area contributed by atoms with Gasteiger partial charge in [-0.05, 0) is 220 Å². The zero-order valence-electron chi connectivity index (χ0n) is 66.3. The summed E-state index contributed by atoms with van der Waals surface area (Å²) in [4.78, 5) is 30.4. The summed E-state index contributed by atoms with van der Waals surface area (Å²) in [6.07, 6.45) is 12.5. The van der Waals surface area contributed by atoms with E-state index in [0.29, 0.717) is 18.7 Å². The van der Waals surface area contributed by atoms with Crippen molar-refractivity contribution in [2.75, 3.05) is 114 Å². The molecular weight excluding hydrogens is 1460 g/mol. The van der Waals surface area contributed by atoms with Crippen LogP contribution in [-0.4, -0.2) is 159 Å². The van der Waals surface area contributed by atoms with Crippen LogP contribution in [0.3, 0.4) is 0 Å². The first-order valence-electron chi connectivity index (χ1n) is 40.6. The monoisotopic (exact) mass is 1570 g/mol. The number of H-pyrrole nitrogens is 4. The molecule has 8 aliphatic heterocycles. The van der Waals surface area contributed by atoms with Gasteiger partial charge in [0.2, 0.25) is 0 Å². The molecule has 0 radical (unpaired) electrons. The molecule has 4 saturated heterocycles. The van der Waals surface area contributed by atoms with Crippen molar-refractivity contribution in [3.8, 4) is 28.7 Å². The molecule has 23 heteroatoms. The molecule has 12 aromatic rings. The van der Waals surface area contributed by atoms with E-state index in [2.05, 4.69) is 139 Å². The van der Waals surface area contributed by atoms with E-state index in [1.54, 1.807) is 59.0 Å².